The lowest BCUT2D eigenvalue weighted by molar-refractivity contribution is -0.0755. The SMILES string of the molecule is O=S(=O)(O)O[C@H]1[C@H](OCc2ccc3ccccc3c2)[C@@H](c2cc[nH]c2)C=C(c2cccc3ccccc23)[C@H]1OS(=O)(=O)O. The molecule has 4 atom stereocenters. The van der Waals surface area contributed by atoms with Crippen LogP contribution in [0.5, 0.6) is 0 Å². The lowest BCUT2D eigenvalue weighted by atomic mass is 9.77. The first-order valence-electron chi connectivity index (χ1n) is 13.3. The van der Waals surface area contributed by atoms with Crippen molar-refractivity contribution < 1.29 is 39.0 Å². The van der Waals surface area contributed by atoms with Gasteiger partial charge in [0.25, 0.3) is 0 Å². The Bertz CT molecular complexity index is 2020. The van der Waals surface area contributed by atoms with E-state index >= 15 is 0 Å². The first-order chi connectivity index (χ1) is 20.6. The summed E-state index contributed by atoms with van der Waals surface area (Å²) in [6, 6.07) is 27.9. The zero-order valence-electron chi connectivity index (χ0n) is 22.5. The molecule has 12 heteroatoms. The van der Waals surface area contributed by atoms with Crippen LogP contribution in [0.3, 0.4) is 0 Å². The van der Waals surface area contributed by atoms with Crippen LogP contribution < -0.4 is 0 Å². The first-order valence-corrected chi connectivity index (χ1v) is 16.0. The highest BCUT2D eigenvalue weighted by molar-refractivity contribution is 7.81. The number of benzene rings is 4. The lowest BCUT2D eigenvalue weighted by Gasteiger charge is -2.40. The van der Waals surface area contributed by atoms with E-state index in [9.17, 15) is 25.9 Å². The summed E-state index contributed by atoms with van der Waals surface area (Å²) in [6.07, 6.45) is 0.435. The Morgan fingerprint density at radius 2 is 1.42 bits per heavy atom. The summed E-state index contributed by atoms with van der Waals surface area (Å²) in [5.41, 5.74) is 2.17. The Morgan fingerprint density at radius 3 is 2.14 bits per heavy atom. The molecule has 0 spiro atoms. The molecule has 6 rings (SSSR count). The van der Waals surface area contributed by atoms with Gasteiger partial charge in [-0.25, -0.2) is 8.37 Å². The molecule has 0 unspecified atom stereocenters. The summed E-state index contributed by atoms with van der Waals surface area (Å²) in [5.74, 6) is -0.700. The van der Waals surface area contributed by atoms with Crippen molar-refractivity contribution in [3.8, 4) is 0 Å². The van der Waals surface area contributed by atoms with Gasteiger partial charge in [0.2, 0.25) is 0 Å². The minimum Gasteiger partial charge on any atom is -0.370 e. The number of fused-ring (bicyclic) bond motifs is 2. The summed E-state index contributed by atoms with van der Waals surface area (Å²) >= 11 is 0. The van der Waals surface area contributed by atoms with Gasteiger partial charge in [-0.1, -0.05) is 84.9 Å². The molecule has 0 saturated heterocycles. The van der Waals surface area contributed by atoms with E-state index in [1.807, 2.05) is 66.7 Å². The van der Waals surface area contributed by atoms with E-state index in [0.29, 0.717) is 16.5 Å². The van der Waals surface area contributed by atoms with Crippen LogP contribution in [0.4, 0.5) is 0 Å². The Hall–Kier alpha value is -3.88. The van der Waals surface area contributed by atoms with Crippen molar-refractivity contribution in [3.05, 3.63) is 126 Å². The second-order valence-electron chi connectivity index (χ2n) is 10.2. The van der Waals surface area contributed by atoms with E-state index in [2.05, 4.69) is 4.98 Å². The summed E-state index contributed by atoms with van der Waals surface area (Å²) in [4.78, 5) is 2.98. The molecule has 3 N–H and O–H groups in total. The van der Waals surface area contributed by atoms with Gasteiger partial charge in [0.05, 0.1) is 12.7 Å². The van der Waals surface area contributed by atoms with Crippen LogP contribution in [0.1, 0.15) is 22.6 Å². The number of rotatable bonds is 9. The van der Waals surface area contributed by atoms with Crippen molar-refractivity contribution in [3.63, 3.8) is 0 Å². The molecular weight excluding hydrogens is 594 g/mol. The molecule has 0 amide bonds. The average Bonchev–Trinajstić information content (AvgIpc) is 3.50. The van der Waals surface area contributed by atoms with Crippen molar-refractivity contribution in [2.24, 2.45) is 0 Å². The van der Waals surface area contributed by atoms with Gasteiger partial charge in [-0.3, -0.25) is 9.11 Å². The molecule has 1 aliphatic rings. The van der Waals surface area contributed by atoms with Gasteiger partial charge >= 0.3 is 20.8 Å². The Kier molecular flexibility index (Phi) is 7.92. The molecule has 222 valence electrons. The second-order valence-corrected chi connectivity index (χ2v) is 12.3. The Balaban J connectivity index is 1.51. The van der Waals surface area contributed by atoms with Crippen molar-refractivity contribution in [2.45, 2.75) is 30.8 Å². The zero-order chi connectivity index (χ0) is 30.2. The number of aromatic nitrogens is 1. The highest BCUT2D eigenvalue weighted by Gasteiger charge is 2.48. The van der Waals surface area contributed by atoms with Crippen LogP contribution >= 0.6 is 0 Å². The van der Waals surface area contributed by atoms with E-state index in [0.717, 1.165) is 21.7 Å². The topological polar surface area (TPSA) is 152 Å². The minimum atomic E-state index is -5.17. The van der Waals surface area contributed by atoms with Crippen molar-refractivity contribution in [1.29, 1.82) is 0 Å². The van der Waals surface area contributed by atoms with Gasteiger partial charge < -0.3 is 9.72 Å². The molecule has 5 aromatic rings. The fraction of sp³-hybridized carbons (Fsp3) is 0.161. The van der Waals surface area contributed by atoms with Gasteiger partial charge in [0.1, 0.15) is 12.2 Å². The standard InChI is InChI=1S/C31H27NO9S2/c33-42(34,35)40-30-28(26-11-5-9-22-7-3-4-10-25(22)26)17-27(24-14-15-32-18-24)29(31(30)41-43(36,37)38)39-19-20-12-13-21-6-1-2-8-23(21)16-20/h1-18,27,29-32H,19H2,(H,33,34,35)(H,36,37,38)/t27-,29-,30-,31+/m1/s1. The molecule has 10 nitrogen and oxygen atoms in total. The van der Waals surface area contributed by atoms with Gasteiger partial charge in [0, 0.05) is 18.3 Å². The number of hydrogen-bond donors (Lipinski definition) is 3. The largest absolute Gasteiger partial charge is 0.398 e. The summed E-state index contributed by atoms with van der Waals surface area (Å²) in [6.45, 7) is -0.0161. The number of H-pyrrole nitrogens is 1. The highest BCUT2D eigenvalue weighted by atomic mass is 32.3. The van der Waals surface area contributed by atoms with Crippen molar-refractivity contribution >= 4 is 47.9 Å². The second kappa shape index (κ2) is 11.7. The molecule has 0 bridgehead atoms. The van der Waals surface area contributed by atoms with E-state index in [-0.39, 0.29) is 12.2 Å². The molecule has 0 saturated carbocycles. The maximum atomic E-state index is 12.2. The number of nitrogens with one attached hydrogen (secondary N) is 1. The molecular formula is C31H27NO9S2. The predicted octanol–water partition coefficient (Wildman–Crippen LogP) is 5.46. The third-order valence-corrected chi connectivity index (χ3v) is 8.38. The number of hydrogen-bond acceptors (Lipinski definition) is 7. The number of aromatic amines is 1. The highest BCUT2D eigenvalue weighted by Crippen LogP contribution is 2.43. The van der Waals surface area contributed by atoms with Crippen LogP contribution in [0.15, 0.2) is 109 Å². The number of ether oxygens (including phenoxy) is 1. The van der Waals surface area contributed by atoms with Crippen LogP contribution in [0.25, 0.3) is 27.1 Å². The zero-order valence-corrected chi connectivity index (χ0v) is 24.1. The van der Waals surface area contributed by atoms with Crippen LogP contribution in [-0.4, -0.2) is 49.2 Å². The summed E-state index contributed by atoms with van der Waals surface area (Å²) in [7, 11) is -10.3. The van der Waals surface area contributed by atoms with Gasteiger partial charge in [-0.15, -0.1) is 0 Å². The monoisotopic (exact) mass is 621 g/mol. The molecule has 4 aromatic carbocycles. The third-order valence-electron chi connectivity index (χ3n) is 7.46. The summed E-state index contributed by atoms with van der Waals surface area (Å²) in [5, 5.41) is 3.53. The van der Waals surface area contributed by atoms with Gasteiger partial charge in [-0.2, -0.15) is 16.8 Å². The molecule has 0 radical (unpaired) electrons. The Labute approximate surface area is 248 Å². The Morgan fingerprint density at radius 1 is 0.721 bits per heavy atom. The van der Waals surface area contributed by atoms with E-state index < -0.39 is 45.0 Å². The molecule has 43 heavy (non-hydrogen) atoms. The van der Waals surface area contributed by atoms with Gasteiger partial charge in [0.15, 0.2) is 0 Å². The van der Waals surface area contributed by atoms with Crippen molar-refractivity contribution in [1.82, 2.24) is 4.98 Å². The minimum absolute atomic E-state index is 0.0161. The molecule has 1 heterocycles. The van der Waals surface area contributed by atoms with E-state index in [4.69, 9.17) is 13.1 Å². The van der Waals surface area contributed by atoms with Crippen molar-refractivity contribution in [2.75, 3.05) is 0 Å². The molecule has 0 fully saturated rings. The predicted molar refractivity (Wildman–Crippen MR) is 161 cm³/mol. The first kappa shape index (κ1) is 29.2. The fourth-order valence-corrected chi connectivity index (χ4v) is 6.66. The molecule has 1 aliphatic carbocycles. The van der Waals surface area contributed by atoms with E-state index in [1.165, 1.54) is 0 Å². The quantitative estimate of drug-likeness (QED) is 0.182. The van der Waals surface area contributed by atoms with Gasteiger partial charge in [-0.05, 0) is 55.9 Å². The normalized spacial score (nSPS) is 21.2. The molecule has 0 aliphatic heterocycles. The lowest BCUT2D eigenvalue weighted by Crippen LogP contribution is -2.50. The average molecular weight is 622 g/mol. The maximum absolute atomic E-state index is 12.2. The van der Waals surface area contributed by atoms with Crippen LogP contribution in [0, 0.1) is 0 Å². The summed E-state index contributed by atoms with van der Waals surface area (Å²) < 4.78 is 85.0. The van der Waals surface area contributed by atoms with Crippen LogP contribution in [0.2, 0.25) is 0 Å². The fourth-order valence-electron chi connectivity index (χ4n) is 5.69. The van der Waals surface area contributed by atoms with Crippen LogP contribution in [-0.2, 0) is 40.5 Å². The third kappa shape index (κ3) is 6.55. The smallest absolute Gasteiger partial charge is 0.370 e. The molecule has 1 aromatic heterocycles. The van der Waals surface area contributed by atoms with E-state index in [1.54, 1.807) is 42.7 Å². The maximum Gasteiger partial charge on any atom is 0.398 e.